The second kappa shape index (κ2) is 9.04. The minimum Gasteiger partial charge on any atom is -0.390 e. The van der Waals surface area contributed by atoms with Crippen molar-refractivity contribution < 1.29 is 32.2 Å². The maximum Gasteiger partial charge on any atom is 0.417 e. The molecule has 5 rings (SSSR count). The molecule has 0 aromatic carbocycles. The highest BCUT2D eigenvalue weighted by molar-refractivity contribution is 5.11. The average Bonchev–Trinajstić information content (AvgIpc) is 3.17. The van der Waals surface area contributed by atoms with Crippen molar-refractivity contribution in [3.05, 3.63) is 0 Å². The van der Waals surface area contributed by atoms with Crippen molar-refractivity contribution in [2.24, 2.45) is 46.3 Å². The largest absolute Gasteiger partial charge is 0.417 e. The van der Waals surface area contributed by atoms with E-state index in [9.17, 15) is 32.2 Å². The van der Waals surface area contributed by atoms with Crippen molar-refractivity contribution in [3.8, 4) is 0 Å². The Hall–Kier alpha value is -0.430. The van der Waals surface area contributed by atoms with Gasteiger partial charge in [0.2, 0.25) is 5.92 Å². The zero-order valence-corrected chi connectivity index (χ0v) is 22.9. The Morgan fingerprint density at radius 2 is 1.43 bits per heavy atom. The van der Waals surface area contributed by atoms with Gasteiger partial charge >= 0.3 is 6.18 Å². The molecule has 5 saturated carbocycles. The average molecular weight is 535 g/mol. The third kappa shape index (κ3) is 4.68. The SMILES string of the molecule is C[C@H](CCC1(O)CCC(F)(F)CC1)[C@H]1CC[C@H]2[C@@H]3CC[C@H]4C[C@](O)(C(F)(F)F)CC[C@]4(C)[C@H]3CC[C@]12C. The molecule has 0 unspecified atom stereocenters. The highest BCUT2D eigenvalue weighted by Crippen LogP contribution is 2.69. The minimum absolute atomic E-state index is 0.0711. The standard InChI is InChI=1S/C30H47F5O2/c1-19(8-11-27(36)13-16-29(31,32)17-14-27)22-6-7-23-21-5-4-20-18-28(37,30(33,34)35)15-12-25(20,2)24(21)9-10-26(22,23)3/h19-24,36-37H,4-18H2,1-3H3/t19-,20+,21+,22-,23+,24+,25+,26-,28+/m1/s1. The lowest BCUT2D eigenvalue weighted by Gasteiger charge is -2.62. The zero-order chi connectivity index (χ0) is 27.1. The third-order valence-electron chi connectivity index (χ3n) is 13.0. The van der Waals surface area contributed by atoms with Gasteiger partial charge in [-0.2, -0.15) is 13.2 Å². The van der Waals surface area contributed by atoms with E-state index in [1.54, 1.807) is 0 Å². The molecule has 7 heteroatoms. The van der Waals surface area contributed by atoms with E-state index in [-0.39, 0.29) is 55.3 Å². The molecule has 37 heavy (non-hydrogen) atoms. The first-order valence-electron chi connectivity index (χ1n) is 14.9. The van der Waals surface area contributed by atoms with Crippen LogP contribution in [0.2, 0.25) is 0 Å². The van der Waals surface area contributed by atoms with E-state index in [1.807, 2.05) is 0 Å². The van der Waals surface area contributed by atoms with Gasteiger partial charge in [0.05, 0.1) is 5.60 Å². The Labute approximate surface area is 219 Å². The molecule has 2 nitrogen and oxygen atoms in total. The topological polar surface area (TPSA) is 40.5 Å². The van der Waals surface area contributed by atoms with Crippen LogP contribution in [0.3, 0.4) is 0 Å². The highest BCUT2D eigenvalue weighted by atomic mass is 19.4. The molecule has 0 aromatic heterocycles. The number of halogens is 5. The minimum atomic E-state index is -4.56. The lowest BCUT2D eigenvalue weighted by Crippen LogP contribution is -2.59. The normalized spacial score (nSPS) is 48.0. The first kappa shape index (κ1) is 28.1. The van der Waals surface area contributed by atoms with Crippen molar-refractivity contribution in [2.45, 2.75) is 140 Å². The number of rotatable bonds is 4. The molecule has 0 saturated heterocycles. The van der Waals surface area contributed by atoms with Gasteiger partial charge in [-0.05, 0) is 130 Å². The predicted molar refractivity (Wildman–Crippen MR) is 133 cm³/mol. The molecular weight excluding hydrogens is 487 g/mol. The van der Waals surface area contributed by atoms with Crippen LogP contribution < -0.4 is 0 Å². The second-order valence-electron chi connectivity index (χ2n) is 14.7. The number of fused-ring (bicyclic) bond motifs is 5. The Morgan fingerprint density at radius 1 is 0.784 bits per heavy atom. The third-order valence-corrected chi connectivity index (χ3v) is 13.0. The van der Waals surface area contributed by atoms with Crippen LogP contribution in [0, 0.1) is 46.3 Å². The fourth-order valence-corrected chi connectivity index (χ4v) is 10.5. The van der Waals surface area contributed by atoms with Crippen molar-refractivity contribution in [1.29, 1.82) is 0 Å². The maximum absolute atomic E-state index is 13.6. The lowest BCUT2D eigenvalue weighted by atomic mass is 9.43. The summed E-state index contributed by atoms with van der Waals surface area (Å²) in [6.45, 7) is 6.94. The van der Waals surface area contributed by atoms with Gasteiger partial charge in [-0.25, -0.2) is 8.78 Å². The summed E-state index contributed by atoms with van der Waals surface area (Å²) >= 11 is 0. The molecule has 0 radical (unpaired) electrons. The fraction of sp³-hybridized carbons (Fsp3) is 1.00. The van der Waals surface area contributed by atoms with Crippen LogP contribution in [0.25, 0.3) is 0 Å². The summed E-state index contributed by atoms with van der Waals surface area (Å²) in [6.07, 6.45) is 3.16. The summed E-state index contributed by atoms with van der Waals surface area (Å²) in [6, 6.07) is 0. The van der Waals surface area contributed by atoms with Gasteiger partial charge in [0, 0.05) is 12.8 Å². The van der Waals surface area contributed by atoms with Crippen LogP contribution in [0.15, 0.2) is 0 Å². The van der Waals surface area contributed by atoms with Gasteiger partial charge in [-0.3, -0.25) is 0 Å². The van der Waals surface area contributed by atoms with E-state index < -0.39 is 23.3 Å². The van der Waals surface area contributed by atoms with E-state index in [0.29, 0.717) is 42.4 Å². The summed E-state index contributed by atoms with van der Waals surface area (Å²) < 4.78 is 68.1. The van der Waals surface area contributed by atoms with Crippen LogP contribution in [-0.2, 0) is 0 Å². The molecule has 2 N–H and O–H groups in total. The first-order valence-corrected chi connectivity index (χ1v) is 14.9. The monoisotopic (exact) mass is 534 g/mol. The van der Waals surface area contributed by atoms with E-state index in [0.717, 1.165) is 44.9 Å². The molecule has 0 amide bonds. The van der Waals surface area contributed by atoms with Gasteiger partial charge in [0.1, 0.15) is 0 Å². The number of aliphatic hydroxyl groups is 2. The lowest BCUT2D eigenvalue weighted by molar-refractivity contribution is -0.290. The van der Waals surface area contributed by atoms with Gasteiger partial charge in [0.15, 0.2) is 5.60 Å². The Kier molecular flexibility index (Phi) is 6.87. The van der Waals surface area contributed by atoms with Gasteiger partial charge < -0.3 is 10.2 Å². The summed E-state index contributed by atoms with van der Waals surface area (Å²) in [7, 11) is 0. The molecule has 5 aliphatic carbocycles. The van der Waals surface area contributed by atoms with E-state index in [2.05, 4.69) is 20.8 Å². The van der Waals surface area contributed by atoms with Crippen LogP contribution in [0.1, 0.15) is 117 Å². The quantitative estimate of drug-likeness (QED) is 0.356. The smallest absolute Gasteiger partial charge is 0.390 e. The van der Waals surface area contributed by atoms with Crippen LogP contribution in [-0.4, -0.2) is 33.5 Å². The summed E-state index contributed by atoms with van der Waals surface area (Å²) in [5.74, 6) is -0.197. The molecule has 0 heterocycles. The highest BCUT2D eigenvalue weighted by Gasteiger charge is 2.65. The molecule has 0 aromatic rings. The van der Waals surface area contributed by atoms with E-state index in [4.69, 9.17) is 0 Å². The van der Waals surface area contributed by atoms with Crippen LogP contribution in [0.5, 0.6) is 0 Å². The molecule has 5 aliphatic rings. The first-order chi connectivity index (χ1) is 17.0. The fourth-order valence-electron chi connectivity index (χ4n) is 10.5. The predicted octanol–water partition coefficient (Wildman–Crippen LogP) is 8.30. The Balaban J connectivity index is 1.24. The molecule has 214 valence electrons. The second-order valence-corrected chi connectivity index (χ2v) is 14.7. The van der Waals surface area contributed by atoms with Gasteiger partial charge in [0.25, 0.3) is 0 Å². The van der Waals surface area contributed by atoms with Crippen molar-refractivity contribution >= 4 is 0 Å². The van der Waals surface area contributed by atoms with E-state index in [1.165, 1.54) is 0 Å². The van der Waals surface area contributed by atoms with Crippen molar-refractivity contribution in [1.82, 2.24) is 0 Å². The zero-order valence-electron chi connectivity index (χ0n) is 22.9. The summed E-state index contributed by atoms with van der Waals surface area (Å²) in [4.78, 5) is 0. The van der Waals surface area contributed by atoms with Crippen molar-refractivity contribution in [2.75, 3.05) is 0 Å². The molecule has 0 spiro atoms. The molecule has 0 bridgehead atoms. The Morgan fingerprint density at radius 3 is 2.08 bits per heavy atom. The molecule has 0 aliphatic heterocycles. The maximum atomic E-state index is 13.6. The summed E-state index contributed by atoms with van der Waals surface area (Å²) in [5.41, 5.74) is -3.41. The van der Waals surface area contributed by atoms with E-state index >= 15 is 0 Å². The summed E-state index contributed by atoms with van der Waals surface area (Å²) in [5, 5.41) is 21.4. The number of alkyl halides is 5. The van der Waals surface area contributed by atoms with Crippen LogP contribution in [0.4, 0.5) is 22.0 Å². The van der Waals surface area contributed by atoms with Crippen molar-refractivity contribution in [3.63, 3.8) is 0 Å². The molecule has 5 fully saturated rings. The van der Waals surface area contributed by atoms with Gasteiger partial charge in [-0.1, -0.05) is 20.8 Å². The van der Waals surface area contributed by atoms with Crippen LogP contribution >= 0.6 is 0 Å². The molecule has 9 atom stereocenters. The molecular formula is C30H47F5O2. The Bertz CT molecular complexity index is 849. The number of hydrogen-bond acceptors (Lipinski definition) is 2. The number of hydrogen-bond donors (Lipinski definition) is 2. The van der Waals surface area contributed by atoms with Gasteiger partial charge in [-0.15, -0.1) is 0 Å².